The third-order valence-corrected chi connectivity index (χ3v) is 4.06. The van der Waals surface area contributed by atoms with Crippen molar-refractivity contribution in [3.05, 3.63) is 58.2 Å². The Labute approximate surface area is 131 Å². The van der Waals surface area contributed by atoms with Gasteiger partial charge in [0.05, 0.1) is 0 Å². The minimum Gasteiger partial charge on any atom is -0.347 e. The lowest BCUT2D eigenvalue weighted by Crippen LogP contribution is -2.24. The first-order valence-electron chi connectivity index (χ1n) is 7.83. The Kier molecular flexibility index (Phi) is 4.18. The molecule has 1 amide bonds. The van der Waals surface area contributed by atoms with Crippen LogP contribution in [0.25, 0.3) is 0 Å². The summed E-state index contributed by atoms with van der Waals surface area (Å²) in [6, 6.07) is 8.26. The highest BCUT2D eigenvalue weighted by Crippen LogP contribution is 2.22. The minimum atomic E-state index is -0.147. The molecule has 0 spiro atoms. The average molecular weight is 295 g/mol. The summed E-state index contributed by atoms with van der Waals surface area (Å²) in [5.74, 6) is 0.477. The maximum Gasteiger partial charge on any atom is 0.270 e. The molecule has 2 aromatic rings. The summed E-state index contributed by atoms with van der Waals surface area (Å²) in [6.07, 6.45) is 4.89. The van der Waals surface area contributed by atoms with Crippen molar-refractivity contribution in [2.75, 3.05) is 0 Å². The van der Waals surface area contributed by atoms with Gasteiger partial charge in [-0.3, -0.25) is 4.79 Å². The topological polar surface area (TPSA) is 54.9 Å². The lowest BCUT2D eigenvalue weighted by molar-refractivity contribution is 0.0945. The summed E-state index contributed by atoms with van der Waals surface area (Å²) in [5.41, 5.74) is 5.29. The standard InChI is InChI=1S/C18H21N3O/c1-12-9-17(21-13(2)20-12)18(22)19-11-14-7-8-15-5-3-4-6-16(15)10-14/h7-10H,3-6,11H2,1-2H3,(H,19,22). The Bertz CT molecular complexity index is 689. The normalized spacial score (nSPS) is 13.5. The molecule has 4 nitrogen and oxygen atoms in total. The van der Waals surface area contributed by atoms with E-state index in [2.05, 4.69) is 33.5 Å². The van der Waals surface area contributed by atoms with Crippen LogP contribution in [0, 0.1) is 13.8 Å². The number of carbonyl (C=O) groups excluding carboxylic acids is 1. The van der Waals surface area contributed by atoms with E-state index in [1.807, 2.05) is 6.92 Å². The van der Waals surface area contributed by atoms with Crippen LogP contribution >= 0.6 is 0 Å². The lowest BCUT2D eigenvalue weighted by atomic mass is 9.90. The molecule has 0 radical (unpaired) electrons. The minimum absolute atomic E-state index is 0.147. The van der Waals surface area contributed by atoms with Gasteiger partial charge in [0.15, 0.2) is 0 Å². The van der Waals surface area contributed by atoms with Gasteiger partial charge in [-0.05, 0) is 62.3 Å². The Hall–Kier alpha value is -2.23. The molecule has 4 heteroatoms. The number of nitrogens with one attached hydrogen (secondary N) is 1. The molecule has 1 aliphatic carbocycles. The zero-order valence-corrected chi connectivity index (χ0v) is 13.1. The van der Waals surface area contributed by atoms with E-state index in [1.54, 1.807) is 13.0 Å². The van der Waals surface area contributed by atoms with Crippen molar-refractivity contribution in [1.82, 2.24) is 15.3 Å². The lowest BCUT2D eigenvalue weighted by Gasteiger charge is -2.16. The highest BCUT2D eigenvalue weighted by molar-refractivity contribution is 5.92. The molecule has 0 saturated carbocycles. The predicted octanol–water partition coefficient (Wildman–Crippen LogP) is 2.90. The van der Waals surface area contributed by atoms with Crippen molar-refractivity contribution in [1.29, 1.82) is 0 Å². The average Bonchev–Trinajstić information content (AvgIpc) is 2.51. The van der Waals surface area contributed by atoms with E-state index in [4.69, 9.17) is 0 Å². The van der Waals surface area contributed by atoms with Crippen LogP contribution in [0.4, 0.5) is 0 Å². The summed E-state index contributed by atoms with van der Waals surface area (Å²) in [5, 5.41) is 2.95. The van der Waals surface area contributed by atoms with E-state index in [-0.39, 0.29) is 5.91 Å². The molecule has 1 N–H and O–H groups in total. The first kappa shape index (κ1) is 14.7. The molecule has 1 aliphatic rings. The zero-order valence-electron chi connectivity index (χ0n) is 13.1. The van der Waals surface area contributed by atoms with E-state index in [1.165, 1.54) is 30.4 Å². The van der Waals surface area contributed by atoms with Crippen molar-refractivity contribution in [2.24, 2.45) is 0 Å². The number of nitrogens with zero attached hydrogens (tertiary/aromatic N) is 2. The van der Waals surface area contributed by atoms with Gasteiger partial charge >= 0.3 is 0 Å². The van der Waals surface area contributed by atoms with Gasteiger partial charge in [-0.2, -0.15) is 0 Å². The van der Waals surface area contributed by atoms with Gasteiger partial charge in [-0.1, -0.05) is 18.2 Å². The van der Waals surface area contributed by atoms with Crippen molar-refractivity contribution in [2.45, 2.75) is 46.1 Å². The van der Waals surface area contributed by atoms with Crippen LogP contribution < -0.4 is 5.32 Å². The number of carbonyl (C=O) groups is 1. The van der Waals surface area contributed by atoms with Gasteiger partial charge < -0.3 is 5.32 Å². The number of fused-ring (bicyclic) bond motifs is 1. The molecule has 0 fully saturated rings. The number of aryl methyl sites for hydroxylation is 4. The number of hydrogen-bond donors (Lipinski definition) is 1. The fraction of sp³-hybridized carbons (Fsp3) is 0.389. The van der Waals surface area contributed by atoms with Crippen LogP contribution in [-0.2, 0) is 19.4 Å². The predicted molar refractivity (Wildman–Crippen MR) is 85.8 cm³/mol. The molecule has 114 valence electrons. The number of benzene rings is 1. The maximum absolute atomic E-state index is 12.2. The molecule has 3 rings (SSSR count). The highest BCUT2D eigenvalue weighted by atomic mass is 16.1. The first-order valence-corrected chi connectivity index (χ1v) is 7.83. The van der Waals surface area contributed by atoms with E-state index in [0.29, 0.717) is 18.1 Å². The zero-order chi connectivity index (χ0) is 15.5. The molecule has 22 heavy (non-hydrogen) atoms. The smallest absolute Gasteiger partial charge is 0.270 e. The van der Waals surface area contributed by atoms with E-state index in [0.717, 1.165) is 17.7 Å². The molecule has 1 aromatic heterocycles. The molecule has 1 aromatic carbocycles. The maximum atomic E-state index is 12.2. The van der Waals surface area contributed by atoms with Crippen molar-refractivity contribution < 1.29 is 4.79 Å². The third-order valence-electron chi connectivity index (χ3n) is 4.06. The van der Waals surface area contributed by atoms with Crippen LogP contribution in [0.1, 0.15) is 51.5 Å². The summed E-state index contributed by atoms with van der Waals surface area (Å²) in [4.78, 5) is 20.6. The van der Waals surface area contributed by atoms with Crippen LogP contribution in [0.15, 0.2) is 24.3 Å². The third kappa shape index (κ3) is 3.32. The summed E-state index contributed by atoms with van der Waals surface area (Å²) in [7, 11) is 0. The Morgan fingerprint density at radius 3 is 2.64 bits per heavy atom. The van der Waals surface area contributed by atoms with E-state index >= 15 is 0 Å². The Balaban J connectivity index is 1.68. The van der Waals surface area contributed by atoms with Gasteiger partial charge in [0, 0.05) is 12.2 Å². The number of aromatic nitrogens is 2. The molecule has 0 aliphatic heterocycles. The molecule has 0 unspecified atom stereocenters. The van der Waals surface area contributed by atoms with E-state index in [9.17, 15) is 4.79 Å². The number of amides is 1. The SMILES string of the molecule is Cc1cc(C(=O)NCc2ccc3c(c2)CCCC3)nc(C)n1. The second kappa shape index (κ2) is 6.26. The highest BCUT2D eigenvalue weighted by Gasteiger charge is 2.11. The quantitative estimate of drug-likeness (QED) is 0.947. The van der Waals surface area contributed by atoms with Gasteiger partial charge in [-0.25, -0.2) is 9.97 Å². The fourth-order valence-electron chi connectivity index (χ4n) is 3.00. The van der Waals surface area contributed by atoms with Crippen LogP contribution in [0.5, 0.6) is 0 Å². The second-order valence-corrected chi connectivity index (χ2v) is 5.93. The number of hydrogen-bond acceptors (Lipinski definition) is 3. The molecule has 1 heterocycles. The van der Waals surface area contributed by atoms with Crippen LogP contribution in [0.3, 0.4) is 0 Å². The monoisotopic (exact) mass is 295 g/mol. The van der Waals surface area contributed by atoms with Gasteiger partial charge in [0.2, 0.25) is 0 Å². The summed E-state index contributed by atoms with van der Waals surface area (Å²) < 4.78 is 0. The van der Waals surface area contributed by atoms with Gasteiger partial charge in [-0.15, -0.1) is 0 Å². The van der Waals surface area contributed by atoms with Gasteiger partial charge in [0.25, 0.3) is 5.91 Å². The summed E-state index contributed by atoms with van der Waals surface area (Å²) >= 11 is 0. The van der Waals surface area contributed by atoms with Crippen LogP contribution in [-0.4, -0.2) is 15.9 Å². The molecule has 0 saturated heterocycles. The summed E-state index contributed by atoms with van der Waals surface area (Å²) in [6.45, 7) is 4.20. The molecule has 0 atom stereocenters. The fourth-order valence-corrected chi connectivity index (χ4v) is 3.00. The first-order chi connectivity index (χ1) is 10.6. The largest absolute Gasteiger partial charge is 0.347 e. The molecule has 0 bridgehead atoms. The second-order valence-electron chi connectivity index (χ2n) is 5.93. The van der Waals surface area contributed by atoms with Crippen molar-refractivity contribution in [3.63, 3.8) is 0 Å². The number of rotatable bonds is 3. The van der Waals surface area contributed by atoms with Gasteiger partial charge in [0.1, 0.15) is 11.5 Å². The van der Waals surface area contributed by atoms with Crippen molar-refractivity contribution >= 4 is 5.91 Å². The van der Waals surface area contributed by atoms with E-state index < -0.39 is 0 Å². The Morgan fingerprint density at radius 2 is 1.86 bits per heavy atom. The molecular formula is C18H21N3O. The Morgan fingerprint density at radius 1 is 1.09 bits per heavy atom. The molecular weight excluding hydrogens is 274 g/mol. The van der Waals surface area contributed by atoms with Crippen molar-refractivity contribution in [3.8, 4) is 0 Å². The van der Waals surface area contributed by atoms with Crippen LogP contribution in [0.2, 0.25) is 0 Å².